The van der Waals surface area contributed by atoms with Crippen molar-refractivity contribution in [1.82, 2.24) is 5.32 Å². The lowest BCUT2D eigenvalue weighted by Crippen LogP contribution is -2.25. The number of benzene rings is 1. The van der Waals surface area contributed by atoms with Crippen molar-refractivity contribution in [2.75, 3.05) is 11.9 Å². The van der Waals surface area contributed by atoms with Gasteiger partial charge in [0.25, 0.3) is 0 Å². The number of amides is 2. The molecule has 0 bridgehead atoms. The zero-order valence-corrected chi connectivity index (χ0v) is 11.1. The Morgan fingerprint density at radius 2 is 1.95 bits per heavy atom. The Balaban J connectivity index is 2.36. The minimum Gasteiger partial charge on any atom is -0.392 e. The normalized spacial score (nSPS) is 10.0. The fraction of sp³-hybridized carbons (Fsp3) is 0.429. The second-order valence-electron chi connectivity index (χ2n) is 4.26. The van der Waals surface area contributed by atoms with Crippen LogP contribution in [0.3, 0.4) is 0 Å². The number of hydrogen-bond acceptors (Lipinski definition) is 3. The van der Waals surface area contributed by atoms with Crippen molar-refractivity contribution in [3.05, 3.63) is 29.8 Å². The highest BCUT2D eigenvalue weighted by Crippen LogP contribution is 2.11. The summed E-state index contributed by atoms with van der Waals surface area (Å²) in [4.78, 5) is 23.0. The number of carbonyl (C=O) groups is 2. The van der Waals surface area contributed by atoms with E-state index < -0.39 is 0 Å². The summed E-state index contributed by atoms with van der Waals surface area (Å²) in [6.07, 6.45) is 1.22. The zero-order valence-electron chi connectivity index (χ0n) is 11.1. The smallest absolute Gasteiger partial charge is 0.224 e. The predicted molar refractivity (Wildman–Crippen MR) is 73.5 cm³/mol. The molecule has 0 aromatic heterocycles. The molecule has 0 heterocycles. The number of aliphatic hydroxyl groups excluding tert-OH is 1. The van der Waals surface area contributed by atoms with E-state index in [4.69, 9.17) is 5.11 Å². The molecule has 0 spiro atoms. The Hall–Kier alpha value is -1.88. The number of hydrogen-bond donors (Lipinski definition) is 3. The van der Waals surface area contributed by atoms with E-state index in [1.807, 2.05) is 6.92 Å². The van der Waals surface area contributed by atoms with Gasteiger partial charge >= 0.3 is 0 Å². The molecule has 1 aromatic rings. The maximum atomic E-state index is 11.6. The highest BCUT2D eigenvalue weighted by atomic mass is 16.3. The predicted octanol–water partition coefficient (Wildman–Crippen LogP) is 1.42. The first-order valence-electron chi connectivity index (χ1n) is 6.42. The fourth-order valence-corrected chi connectivity index (χ4v) is 1.55. The summed E-state index contributed by atoms with van der Waals surface area (Å²) in [5, 5.41) is 14.4. The number of aliphatic hydroxyl groups is 1. The lowest BCUT2D eigenvalue weighted by Gasteiger charge is -2.07. The summed E-state index contributed by atoms with van der Waals surface area (Å²) in [7, 11) is 0. The van der Waals surface area contributed by atoms with Gasteiger partial charge in [0, 0.05) is 25.1 Å². The van der Waals surface area contributed by atoms with E-state index in [-0.39, 0.29) is 31.3 Å². The molecule has 3 N–H and O–H groups in total. The first-order chi connectivity index (χ1) is 9.15. The molecular weight excluding hydrogens is 244 g/mol. The van der Waals surface area contributed by atoms with Gasteiger partial charge in [0.2, 0.25) is 11.8 Å². The fourth-order valence-electron chi connectivity index (χ4n) is 1.55. The van der Waals surface area contributed by atoms with Gasteiger partial charge in [0.05, 0.1) is 6.61 Å². The van der Waals surface area contributed by atoms with E-state index in [9.17, 15) is 9.59 Å². The van der Waals surface area contributed by atoms with E-state index in [0.717, 1.165) is 12.0 Å². The summed E-state index contributed by atoms with van der Waals surface area (Å²) in [5.74, 6) is -0.317. The SMILES string of the molecule is CCCNC(=O)CCC(=O)Nc1cccc(CO)c1. The molecule has 0 unspecified atom stereocenters. The van der Waals surface area contributed by atoms with E-state index in [0.29, 0.717) is 12.2 Å². The lowest BCUT2D eigenvalue weighted by molar-refractivity contribution is -0.124. The van der Waals surface area contributed by atoms with Gasteiger partial charge in [-0.2, -0.15) is 0 Å². The van der Waals surface area contributed by atoms with Crippen LogP contribution in [0.25, 0.3) is 0 Å². The van der Waals surface area contributed by atoms with Crippen LogP contribution in [0.1, 0.15) is 31.7 Å². The molecule has 1 aromatic carbocycles. The van der Waals surface area contributed by atoms with Crippen molar-refractivity contribution in [1.29, 1.82) is 0 Å². The molecule has 5 heteroatoms. The molecule has 0 saturated heterocycles. The monoisotopic (exact) mass is 264 g/mol. The molecule has 0 radical (unpaired) electrons. The first kappa shape index (κ1) is 15.2. The zero-order chi connectivity index (χ0) is 14.1. The second kappa shape index (κ2) is 8.26. The molecule has 19 heavy (non-hydrogen) atoms. The third-order valence-electron chi connectivity index (χ3n) is 2.54. The van der Waals surface area contributed by atoms with Gasteiger partial charge in [0.15, 0.2) is 0 Å². The summed E-state index contributed by atoms with van der Waals surface area (Å²) in [6, 6.07) is 6.98. The quantitative estimate of drug-likeness (QED) is 0.697. The maximum Gasteiger partial charge on any atom is 0.224 e. The molecule has 0 aliphatic carbocycles. The molecule has 1 rings (SSSR count). The summed E-state index contributed by atoms with van der Waals surface area (Å²) >= 11 is 0. The van der Waals surface area contributed by atoms with Crippen LogP contribution in [0, 0.1) is 0 Å². The molecular formula is C14H20N2O3. The van der Waals surface area contributed by atoms with Crippen LogP contribution in [-0.4, -0.2) is 23.5 Å². The lowest BCUT2D eigenvalue weighted by atomic mass is 10.2. The molecule has 0 saturated carbocycles. The Labute approximate surface area is 113 Å². The van der Waals surface area contributed by atoms with E-state index in [1.54, 1.807) is 24.3 Å². The minimum absolute atomic E-state index is 0.0663. The molecule has 2 amide bonds. The molecule has 0 atom stereocenters. The third-order valence-corrected chi connectivity index (χ3v) is 2.54. The van der Waals surface area contributed by atoms with Crippen LogP contribution < -0.4 is 10.6 Å². The van der Waals surface area contributed by atoms with Crippen molar-refractivity contribution in [2.45, 2.75) is 32.8 Å². The molecule has 104 valence electrons. The van der Waals surface area contributed by atoms with Crippen LogP contribution in [0.2, 0.25) is 0 Å². The average Bonchev–Trinajstić information content (AvgIpc) is 2.43. The van der Waals surface area contributed by atoms with E-state index in [1.165, 1.54) is 0 Å². The third kappa shape index (κ3) is 6.01. The van der Waals surface area contributed by atoms with E-state index >= 15 is 0 Å². The molecule has 0 aliphatic heterocycles. The number of rotatable bonds is 7. The Kier molecular flexibility index (Phi) is 6.60. The Morgan fingerprint density at radius 1 is 1.21 bits per heavy atom. The number of anilines is 1. The summed E-state index contributed by atoms with van der Waals surface area (Å²) in [5.41, 5.74) is 1.36. The number of carbonyl (C=O) groups excluding carboxylic acids is 2. The topological polar surface area (TPSA) is 78.4 Å². The molecule has 5 nitrogen and oxygen atoms in total. The van der Waals surface area contributed by atoms with Crippen molar-refractivity contribution in [3.8, 4) is 0 Å². The minimum atomic E-state index is -0.207. The largest absolute Gasteiger partial charge is 0.392 e. The molecule has 0 fully saturated rings. The van der Waals surface area contributed by atoms with Gasteiger partial charge in [-0.1, -0.05) is 19.1 Å². The highest BCUT2D eigenvalue weighted by Gasteiger charge is 2.06. The first-order valence-corrected chi connectivity index (χ1v) is 6.42. The summed E-state index contributed by atoms with van der Waals surface area (Å²) < 4.78 is 0. The van der Waals surface area contributed by atoms with Gasteiger partial charge in [-0.3, -0.25) is 9.59 Å². The van der Waals surface area contributed by atoms with Crippen LogP contribution >= 0.6 is 0 Å². The molecule has 0 aliphatic rings. The Morgan fingerprint density at radius 3 is 2.63 bits per heavy atom. The van der Waals surface area contributed by atoms with E-state index in [2.05, 4.69) is 10.6 Å². The van der Waals surface area contributed by atoms with Crippen LogP contribution in [0.4, 0.5) is 5.69 Å². The average molecular weight is 264 g/mol. The standard InChI is InChI=1S/C14H20N2O3/c1-2-8-15-13(18)6-7-14(19)16-12-5-3-4-11(9-12)10-17/h3-5,9,17H,2,6-8,10H2,1H3,(H,15,18)(H,16,19). The van der Waals surface area contributed by atoms with Crippen molar-refractivity contribution in [2.24, 2.45) is 0 Å². The van der Waals surface area contributed by atoms with Gasteiger partial charge in [-0.15, -0.1) is 0 Å². The van der Waals surface area contributed by atoms with Gasteiger partial charge in [0.1, 0.15) is 0 Å². The van der Waals surface area contributed by atoms with Crippen LogP contribution in [0.5, 0.6) is 0 Å². The Bertz CT molecular complexity index is 432. The van der Waals surface area contributed by atoms with Crippen molar-refractivity contribution < 1.29 is 14.7 Å². The second-order valence-corrected chi connectivity index (χ2v) is 4.26. The highest BCUT2D eigenvalue weighted by molar-refractivity contribution is 5.93. The summed E-state index contributed by atoms with van der Waals surface area (Å²) in [6.45, 7) is 2.54. The van der Waals surface area contributed by atoms with Gasteiger partial charge in [-0.05, 0) is 24.1 Å². The van der Waals surface area contributed by atoms with Crippen molar-refractivity contribution >= 4 is 17.5 Å². The van der Waals surface area contributed by atoms with Crippen LogP contribution in [0.15, 0.2) is 24.3 Å². The van der Waals surface area contributed by atoms with Gasteiger partial charge < -0.3 is 15.7 Å². The number of nitrogens with one attached hydrogen (secondary N) is 2. The maximum absolute atomic E-state index is 11.6. The van der Waals surface area contributed by atoms with Crippen molar-refractivity contribution in [3.63, 3.8) is 0 Å². The van der Waals surface area contributed by atoms with Gasteiger partial charge in [-0.25, -0.2) is 0 Å². The van der Waals surface area contributed by atoms with Crippen LogP contribution in [-0.2, 0) is 16.2 Å².